The molecule has 12 heteroatoms. The van der Waals surface area contributed by atoms with E-state index in [0.717, 1.165) is 12.1 Å². The molecule has 0 saturated heterocycles. The SMILES string of the molecule is CCOC(=O)NNC(=O)c1ccc(C2=NOC(c3cc(Cl)cc(Cl)c3)(C(F)(F)F)C2)cc1C. The average molecular weight is 504 g/mol. The van der Waals surface area contributed by atoms with Gasteiger partial charge in [-0.15, -0.1) is 0 Å². The molecule has 1 atom stereocenters. The third kappa shape index (κ3) is 5.17. The smallest absolute Gasteiger partial charge is 0.435 e. The van der Waals surface area contributed by atoms with Crippen molar-refractivity contribution in [2.75, 3.05) is 6.61 Å². The third-order valence-electron chi connectivity index (χ3n) is 4.87. The molecule has 2 amide bonds. The van der Waals surface area contributed by atoms with Crippen molar-refractivity contribution in [3.63, 3.8) is 0 Å². The van der Waals surface area contributed by atoms with E-state index < -0.39 is 30.2 Å². The standard InChI is InChI=1S/C21H18Cl2F3N3O4/c1-3-32-19(31)28-27-18(30)16-5-4-12(6-11(16)2)17-10-20(33-29-17,21(24,25)26)13-7-14(22)9-15(23)8-13/h4-9H,3,10H2,1-2H3,(H,27,30)(H,28,31). The molecular weight excluding hydrogens is 486 g/mol. The summed E-state index contributed by atoms with van der Waals surface area (Å²) in [5.41, 5.74) is 2.23. The molecule has 176 valence electrons. The second-order valence-corrected chi connectivity index (χ2v) is 7.99. The summed E-state index contributed by atoms with van der Waals surface area (Å²) in [5.74, 6) is -0.630. The number of alkyl halides is 3. The van der Waals surface area contributed by atoms with Gasteiger partial charge >= 0.3 is 12.3 Å². The van der Waals surface area contributed by atoms with Crippen LogP contribution in [0.15, 0.2) is 41.6 Å². The van der Waals surface area contributed by atoms with Crippen molar-refractivity contribution in [3.8, 4) is 0 Å². The number of hydrogen-bond donors (Lipinski definition) is 2. The Morgan fingerprint density at radius 3 is 2.39 bits per heavy atom. The molecule has 1 aliphatic heterocycles. The largest absolute Gasteiger partial charge is 0.449 e. The van der Waals surface area contributed by atoms with Crippen LogP contribution in [0.4, 0.5) is 18.0 Å². The number of aryl methyl sites for hydroxylation is 1. The number of halogens is 5. The molecule has 2 aromatic carbocycles. The van der Waals surface area contributed by atoms with Crippen LogP contribution >= 0.6 is 23.2 Å². The summed E-state index contributed by atoms with van der Waals surface area (Å²) in [7, 11) is 0. The summed E-state index contributed by atoms with van der Waals surface area (Å²) in [6.07, 6.45) is -6.27. The number of benzene rings is 2. The highest BCUT2D eigenvalue weighted by molar-refractivity contribution is 6.34. The molecule has 33 heavy (non-hydrogen) atoms. The Morgan fingerprint density at radius 2 is 1.82 bits per heavy atom. The molecule has 0 bridgehead atoms. The van der Waals surface area contributed by atoms with Gasteiger partial charge in [0.25, 0.3) is 11.5 Å². The van der Waals surface area contributed by atoms with Crippen LogP contribution in [0.25, 0.3) is 0 Å². The van der Waals surface area contributed by atoms with Gasteiger partial charge in [0, 0.05) is 27.6 Å². The number of oxime groups is 1. The normalized spacial score (nSPS) is 17.7. The molecule has 2 N–H and O–H groups in total. The van der Waals surface area contributed by atoms with E-state index in [1.807, 2.05) is 0 Å². The lowest BCUT2D eigenvalue weighted by molar-refractivity contribution is -0.275. The molecule has 3 rings (SSSR count). The summed E-state index contributed by atoms with van der Waals surface area (Å²) in [5, 5.41) is 3.75. The van der Waals surface area contributed by atoms with E-state index in [2.05, 4.69) is 20.7 Å². The van der Waals surface area contributed by atoms with Crippen molar-refractivity contribution in [1.82, 2.24) is 10.9 Å². The third-order valence-corrected chi connectivity index (χ3v) is 5.31. The number of rotatable bonds is 4. The molecule has 0 spiro atoms. The summed E-state index contributed by atoms with van der Waals surface area (Å²) in [4.78, 5) is 28.6. The minimum atomic E-state index is -4.82. The molecule has 0 aromatic heterocycles. The highest BCUT2D eigenvalue weighted by Crippen LogP contribution is 2.49. The molecule has 0 radical (unpaired) electrons. The van der Waals surface area contributed by atoms with Crippen LogP contribution in [0.2, 0.25) is 10.0 Å². The maximum absolute atomic E-state index is 14.1. The maximum atomic E-state index is 14.1. The van der Waals surface area contributed by atoms with Gasteiger partial charge in [0.15, 0.2) is 0 Å². The zero-order chi connectivity index (χ0) is 24.4. The van der Waals surface area contributed by atoms with Crippen LogP contribution in [-0.4, -0.2) is 30.5 Å². The topological polar surface area (TPSA) is 89.0 Å². The molecule has 0 saturated carbocycles. The first-order valence-electron chi connectivity index (χ1n) is 9.59. The zero-order valence-corrected chi connectivity index (χ0v) is 18.9. The monoisotopic (exact) mass is 503 g/mol. The van der Waals surface area contributed by atoms with Crippen LogP contribution in [0.5, 0.6) is 0 Å². The minimum Gasteiger partial charge on any atom is -0.449 e. The second kappa shape index (κ2) is 9.48. The Balaban J connectivity index is 1.84. The van der Waals surface area contributed by atoms with E-state index in [1.165, 1.54) is 24.3 Å². The summed E-state index contributed by atoms with van der Waals surface area (Å²) >= 11 is 11.8. The van der Waals surface area contributed by atoms with Crippen LogP contribution in [-0.2, 0) is 15.2 Å². The first-order chi connectivity index (χ1) is 15.5. The van der Waals surface area contributed by atoms with Crippen molar-refractivity contribution in [2.24, 2.45) is 5.16 Å². The van der Waals surface area contributed by atoms with Crippen LogP contribution in [0.3, 0.4) is 0 Å². The minimum absolute atomic E-state index is 0.0285. The van der Waals surface area contributed by atoms with E-state index >= 15 is 0 Å². The van der Waals surface area contributed by atoms with Gasteiger partial charge in [0.1, 0.15) is 0 Å². The average Bonchev–Trinajstić information content (AvgIpc) is 3.18. The van der Waals surface area contributed by atoms with Gasteiger partial charge in [-0.25, -0.2) is 10.2 Å². The van der Waals surface area contributed by atoms with Gasteiger partial charge in [-0.1, -0.05) is 34.4 Å². The second-order valence-electron chi connectivity index (χ2n) is 7.12. The van der Waals surface area contributed by atoms with E-state index in [9.17, 15) is 22.8 Å². The van der Waals surface area contributed by atoms with E-state index in [-0.39, 0.29) is 33.5 Å². The lowest BCUT2D eigenvalue weighted by Crippen LogP contribution is -2.42. The van der Waals surface area contributed by atoms with E-state index in [1.54, 1.807) is 13.8 Å². The van der Waals surface area contributed by atoms with E-state index in [0.29, 0.717) is 11.1 Å². The van der Waals surface area contributed by atoms with Crippen molar-refractivity contribution in [2.45, 2.75) is 32.0 Å². The predicted octanol–water partition coefficient (Wildman–Crippen LogP) is 5.27. The number of amides is 2. The fourth-order valence-electron chi connectivity index (χ4n) is 3.29. The highest BCUT2D eigenvalue weighted by Gasteiger charge is 2.62. The van der Waals surface area contributed by atoms with Crippen LogP contribution in [0.1, 0.15) is 40.4 Å². The molecule has 7 nitrogen and oxygen atoms in total. The number of nitrogens with one attached hydrogen (secondary N) is 2. The molecule has 0 fully saturated rings. The molecule has 2 aromatic rings. The van der Waals surface area contributed by atoms with Crippen LogP contribution in [0, 0.1) is 6.92 Å². The van der Waals surface area contributed by atoms with Gasteiger partial charge in [-0.3, -0.25) is 10.2 Å². The van der Waals surface area contributed by atoms with Gasteiger partial charge in [-0.2, -0.15) is 13.2 Å². The molecule has 1 aliphatic rings. The first kappa shape index (κ1) is 24.7. The fourth-order valence-corrected chi connectivity index (χ4v) is 3.81. The quantitative estimate of drug-likeness (QED) is 0.555. The van der Waals surface area contributed by atoms with Crippen LogP contribution < -0.4 is 10.9 Å². The number of nitrogens with zero attached hydrogens (tertiary/aromatic N) is 1. The lowest BCUT2D eigenvalue weighted by atomic mass is 9.86. The van der Waals surface area contributed by atoms with Crippen molar-refractivity contribution in [1.29, 1.82) is 0 Å². The predicted molar refractivity (Wildman–Crippen MR) is 115 cm³/mol. The van der Waals surface area contributed by atoms with Crippen molar-refractivity contribution < 1.29 is 32.3 Å². The molecule has 1 heterocycles. The van der Waals surface area contributed by atoms with Crippen molar-refractivity contribution in [3.05, 3.63) is 68.7 Å². The highest BCUT2D eigenvalue weighted by atomic mass is 35.5. The summed E-state index contributed by atoms with van der Waals surface area (Å²) in [6.45, 7) is 3.32. The number of hydrogen-bond acceptors (Lipinski definition) is 5. The summed E-state index contributed by atoms with van der Waals surface area (Å²) in [6, 6.07) is 7.92. The zero-order valence-electron chi connectivity index (χ0n) is 17.3. The van der Waals surface area contributed by atoms with Gasteiger partial charge < -0.3 is 9.57 Å². The van der Waals surface area contributed by atoms with E-state index in [4.69, 9.17) is 28.0 Å². The first-order valence-corrected chi connectivity index (χ1v) is 10.3. The molecule has 0 aliphatic carbocycles. The lowest BCUT2D eigenvalue weighted by Gasteiger charge is -2.29. The Kier molecular flexibility index (Phi) is 7.08. The fraction of sp³-hybridized carbons (Fsp3) is 0.286. The number of carbonyl (C=O) groups is 2. The Labute approximate surface area is 196 Å². The maximum Gasteiger partial charge on any atom is 0.435 e. The molecular formula is C21H18Cl2F3N3O4. The number of hydrazine groups is 1. The Hall–Kier alpha value is -2.98. The number of ether oxygens (including phenoxy) is 1. The molecule has 1 unspecified atom stereocenters. The number of carbonyl (C=O) groups excluding carboxylic acids is 2. The van der Waals surface area contributed by atoms with Crippen molar-refractivity contribution >= 4 is 40.9 Å². The van der Waals surface area contributed by atoms with Gasteiger partial charge in [0.05, 0.1) is 12.3 Å². The Bertz CT molecular complexity index is 1100. The Morgan fingerprint density at radius 1 is 1.15 bits per heavy atom. The van der Waals surface area contributed by atoms with Gasteiger partial charge in [0.2, 0.25) is 0 Å². The summed E-state index contributed by atoms with van der Waals surface area (Å²) < 4.78 is 47.0. The van der Waals surface area contributed by atoms with Gasteiger partial charge in [-0.05, 0) is 55.3 Å².